The Hall–Kier alpha value is -0.450. The van der Waals surface area contributed by atoms with E-state index in [-0.39, 0.29) is 11.9 Å². The molecule has 78 valence electrons. The van der Waals surface area contributed by atoms with Gasteiger partial charge >= 0.3 is 0 Å². The van der Waals surface area contributed by atoms with Crippen LogP contribution in [0, 0.1) is 5.82 Å². The van der Waals surface area contributed by atoms with Gasteiger partial charge in [-0.3, -0.25) is 0 Å². The third-order valence-corrected chi connectivity index (χ3v) is 2.64. The summed E-state index contributed by atoms with van der Waals surface area (Å²) in [4.78, 5) is 0. The third-order valence-electron chi connectivity index (χ3n) is 2.03. The van der Waals surface area contributed by atoms with E-state index in [2.05, 4.69) is 21.2 Å². The second kappa shape index (κ2) is 5.44. The third kappa shape index (κ3) is 2.77. The molecule has 0 aliphatic carbocycles. The van der Waals surface area contributed by atoms with E-state index < -0.39 is 0 Å². The molecule has 0 aliphatic heterocycles. The van der Waals surface area contributed by atoms with Gasteiger partial charge in [0.05, 0.1) is 17.1 Å². The molecule has 1 unspecified atom stereocenters. The van der Waals surface area contributed by atoms with Crippen LogP contribution in [0.4, 0.5) is 4.39 Å². The van der Waals surface area contributed by atoms with E-state index in [9.17, 15) is 4.39 Å². The highest BCUT2D eigenvalue weighted by atomic mass is 79.9. The molecule has 0 radical (unpaired) electrons. The van der Waals surface area contributed by atoms with Gasteiger partial charge in [-0.25, -0.2) is 4.39 Å². The Morgan fingerprint density at radius 1 is 1.57 bits per heavy atom. The number of benzene rings is 1. The van der Waals surface area contributed by atoms with Crippen LogP contribution in [0.5, 0.6) is 0 Å². The van der Waals surface area contributed by atoms with E-state index in [1.165, 1.54) is 6.07 Å². The molecule has 14 heavy (non-hydrogen) atoms. The number of hydrogen-bond acceptors (Lipinski definition) is 2. The van der Waals surface area contributed by atoms with Crippen LogP contribution in [0.1, 0.15) is 11.6 Å². The SMILES string of the molecule is CNC(COC)c1ccc(F)c(Br)c1. The lowest BCUT2D eigenvalue weighted by Crippen LogP contribution is -2.21. The zero-order valence-corrected chi connectivity index (χ0v) is 9.77. The fraction of sp³-hybridized carbons (Fsp3) is 0.400. The highest BCUT2D eigenvalue weighted by Crippen LogP contribution is 2.21. The van der Waals surface area contributed by atoms with Crippen molar-refractivity contribution in [1.29, 1.82) is 0 Å². The van der Waals surface area contributed by atoms with Gasteiger partial charge in [0, 0.05) is 7.11 Å². The summed E-state index contributed by atoms with van der Waals surface area (Å²) >= 11 is 3.15. The lowest BCUT2D eigenvalue weighted by molar-refractivity contribution is 0.170. The smallest absolute Gasteiger partial charge is 0.137 e. The highest BCUT2D eigenvalue weighted by Gasteiger charge is 2.10. The Kier molecular flexibility index (Phi) is 4.51. The molecule has 1 aromatic rings. The van der Waals surface area contributed by atoms with Crippen LogP contribution in [0.2, 0.25) is 0 Å². The molecule has 0 fully saturated rings. The maximum Gasteiger partial charge on any atom is 0.137 e. The molecule has 4 heteroatoms. The molecule has 0 amide bonds. The first-order valence-electron chi connectivity index (χ1n) is 4.30. The summed E-state index contributed by atoms with van der Waals surface area (Å²) in [6.45, 7) is 0.564. The standard InChI is InChI=1S/C10H13BrFNO/c1-13-10(6-14-2)7-3-4-9(12)8(11)5-7/h3-5,10,13H,6H2,1-2H3. The number of nitrogens with one attached hydrogen (secondary N) is 1. The Balaban J connectivity index is 2.88. The summed E-state index contributed by atoms with van der Waals surface area (Å²) in [5.74, 6) is -0.249. The van der Waals surface area contributed by atoms with Crippen molar-refractivity contribution in [3.8, 4) is 0 Å². The van der Waals surface area contributed by atoms with Crippen molar-refractivity contribution in [2.24, 2.45) is 0 Å². The minimum absolute atomic E-state index is 0.0944. The van der Waals surface area contributed by atoms with Gasteiger partial charge in [-0.05, 0) is 40.7 Å². The molecule has 0 saturated carbocycles. The van der Waals surface area contributed by atoms with E-state index in [0.29, 0.717) is 11.1 Å². The molecule has 2 nitrogen and oxygen atoms in total. The molecular formula is C10H13BrFNO. The molecule has 0 spiro atoms. The van der Waals surface area contributed by atoms with Gasteiger partial charge in [0.25, 0.3) is 0 Å². The van der Waals surface area contributed by atoms with Crippen LogP contribution < -0.4 is 5.32 Å². The van der Waals surface area contributed by atoms with Crippen LogP contribution in [-0.4, -0.2) is 20.8 Å². The number of halogens is 2. The van der Waals surface area contributed by atoms with Gasteiger partial charge in [-0.15, -0.1) is 0 Å². The molecule has 0 aromatic heterocycles. The first-order chi connectivity index (χ1) is 6.69. The van der Waals surface area contributed by atoms with Crippen LogP contribution >= 0.6 is 15.9 Å². The van der Waals surface area contributed by atoms with Crippen molar-refractivity contribution in [1.82, 2.24) is 5.32 Å². The van der Waals surface area contributed by atoms with Crippen molar-refractivity contribution in [3.05, 3.63) is 34.1 Å². The Labute approximate surface area is 91.6 Å². The van der Waals surface area contributed by atoms with Crippen molar-refractivity contribution >= 4 is 15.9 Å². The monoisotopic (exact) mass is 261 g/mol. The zero-order chi connectivity index (χ0) is 10.6. The van der Waals surface area contributed by atoms with Gasteiger partial charge < -0.3 is 10.1 Å². The topological polar surface area (TPSA) is 21.3 Å². The predicted octanol–water partition coefficient (Wildman–Crippen LogP) is 2.50. The maximum atomic E-state index is 13.0. The summed E-state index contributed by atoms with van der Waals surface area (Å²) in [6.07, 6.45) is 0. The minimum atomic E-state index is -0.249. The van der Waals surface area contributed by atoms with Gasteiger partial charge in [-0.2, -0.15) is 0 Å². The lowest BCUT2D eigenvalue weighted by Gasteiger charge is -2.15. The van der Waals surface area contributed by atoms with Gasteiger partial charge in [-0.1, -0.05) is 6.07 Å². The summed E-state index contributed by atoms with van der Waals surface area (Å²) < 4.78 is 18.5. The molecule has 0 saturated heterocycles. The van der Waals surface area contributed by atoms with Crippen molar-refractivity contribution in [3.63, 3.8) is 0 Å². The van der Waals surface area contributed by atoms with Crippen molar-refractivity contribution < 1.29 is 9.13 Å². The zero-order valence-electron chi connectivity index (χ0n) is 8.18. The van der Waals surface area contributed by atoms with Crippen LogP contribution in [0.15, 0.2) is 22.7 Å². The molecule has 1 N–H and O–H groups in total. The lowest BCUT2D eigenvalue weighted by atomic mass is 10.1. The minimum Gasteiger partial charge on any atom is -0.383 e. The average molecular weight is 262 g/mol. The normalized spacial score (nSPS) is 12.9. The second-order valence-electron chi connectivity index (χ2n) is 2.97. The first kappa shape index (κ1) is 11.6. The quantitative estimate of drug-likeness (QED) is 0.900. The number of hydrogen-bond donors (Lipinski definition) is 1. The van der Waals surface area contributed by atoms with E-state index >= 15 is 0 Å². The fourth-order valence-electron chi connectivity index (χ4n) is 1.24. The molecule has 0 heterocycles. The first-order valence-corrected chi connectivity index (χ1v) is 5.09. The van der Waals surface area contributed by atoms with E-state index in [4.69, 9.17) is 4.74 Å². The number of likely N-dealkylation sites (N-methyl/N-ethyl adjacent to an activating group) is 1. The Morgan fingerprint density at radius 3 is 2.79 bits per heavy atom. The Morgan fingerprint density at radius 2 is 2.29 bits per heavy atom. The highest BCUT2D eigenvalue weighted by molar-refractivity contribution is 9.10. The predicted molar refractivity (Wildman–Crippen MR) is 57.8 cm³/mol. The molecule has 1 rings (SSSR count). The summed E-state index contributed by atoms with van der Waals surface area (Å²) in [5, 5.41) is 3.10. The van der Waals surface area contributed by atoms with Crippen LogP contribution in [0.25, 0.3) is 0 Å². The molecular weight excluding hydrogens is 249 g/mol. The van der Waals surface area contributed by atoms with Gasteiger partial charge in [0.2, 0.25) is 0 Å². The average Bonchev–Trinajstić information content (AvgIpc) is 2.19. The van der Waals surface area contributed by atoms with E-state index in [1.54, 1.807) is 19.2 Å². The van der Waals surface area contributed by atoms with Crippen molar-refractivity contribution in [2.75, 3.05) is 20.8 Å². The van der Waals surface area contributed by atoms with Gasteiger partial charge in [0.15, 0.2) is 0 Å². The van der Waals surface area contributed by atoms with Crippen molar-refractivity contribution in [2.45, 2.75) is 6.04 Å². The van der Waals surface area contributed by atoms with Crippen LogP contribution in [-0.2, 0) is 4.74 Å². The summed E-state index contributed by atoms with van der Waals surface area (Å²) in [5.41, 5.74) is 1.00. The number of rotatable bonds is 4. The molecule has 0 aliphatic rings. The maximum absolute atomic E-state index is 13.0. The van der Waals surface area contributed by atoms with E-state index in [0.717, 1.165) is 5.56 Å². The summed E-state index contributed by atoms with van der Waals surface area (Å²) in [6, 6.07) is 5.05. The molecule has 1 atom stereocenters. The Bertz CT molecular complexity index is 306. The number of methoxy groups -OCH3 is 1. The largest absolute Gasteiger partial charge is 0.383 e. The van der Waals surface area contributed by atoms with E-state index in [1.807, 2.05) is 7.05 Å². The fourth-order valence-corrected chi connectivity index (χ4v) is 1.64. The van der Waals surface area contributed by atoms with Crippen LogP contribution in [0.3, 0.4) is 0 Å². The molecule has 0 bridgehead atoms. The number of ether oxygens (including phenoxy) is 1. The summed E-state index contributed by atoms with van der Waals surface area (Å²) in [7, 11) is 3.49. The van der Waals surface area contributed by atoms with Gasteiger partial charge in [0.1, 0.15) is 5.82 Å². The molecule has 1 aromatic carbocycles. The second-order valence-corrected chi connectivity index (χ2v) is 3.82.